The summed E-state index contributed by atoms with van der Waals surface area (Å²) in [5.74, 6) is 1.51. The number of hydrogen-bond acceptors (Lipinski definition) is 4. The second-order valence-corrected chi connectivity index (χ2v) is 12.0. The van der Waals surface area contributed by atoms with Crippen molar-refractivity contribution in [3.63, 3.8) is 0 Å². The van der Waals surface area contributed by atoms with E-state index < -0.39 is 17.6 Å². The first-order valence-electron chi connectivity index (χ1n) is 13.8. The van der Waals surface area contributed by atoms with Gasteiger partial charge in [0.05, 0.1) is 12.1 Å². The monoisotopic (exact) mass is 537 g/mol. The first-order chi connectivity index (χ1) is 18.5. The van der Waals surface area contributed by atoms with E-state index in [4.69, 9.17) is 0 Å². The number of aryl methyl sites for hydroxylation is 1. The van der Waals surface area contributed by atoms with Crippen molar-refractivity contribution in [2.24, 2.45) is 18.9 Å². The molecule has 1 aromatic heterocycles. The average Bonchev–Trinajstić information content (AvgIpc) is 3.43. The van der Waals surface area contributed by atoms with Crippen molar-refractivity contribution in [1.82, 2.24) is 20.1 Å². The normalized spacial score (nSPS) is 22.8. The highest BCUT2D eigenvalue weighted by molar-refractivity contribution is 6.10. The predicted molar refractivity (Wildman–Crippen MR) is 142 cm³/mol. The summed E-state index contributed by atoms with van der Waals surface area (Å²) < 4.78 is 44.5. The number of anilines is 1. The molecule has 0 radical (unpaired) electrons. The van der Waals surface area contributed by atoms with Gasteiger partial charge >= 0.3 is 6.18 Å². The molecule has 0 unspecified atom stereocenters. The minimum Gasteiger partial charge on any atom is -0.320 e. The van der Waals surface area contributed by atoms with Gasteiger partial charge in [-0.05, 0) is 91.8 Å². The molecule has 3 aromatic rings. The van der Waals surface area contributed by atoms with E-state index in [0.29, 0.717) is 29.6 Å². The van der Waals surface area contributed by atoms with E-state index in [1.807, 2.05) is 29.8 Å². The van der Waals surface area contributed by atoms with Gasteiger partial charge in [-0.25, -0.2) is 0 Å². The van der Waals surface area contributed by atoms with Gasteiger partial charge in [0.15, 0.2) is 0 Å². The molecule has 1 atom stereocenters. The summed E-state index contributed by atoms with van der Waals surface area (Å²) in [6.45, 7) is 4.52. The van der Waals surface area contributed by atoms with Crippen LogP contribution in [0.2, 0.25) is 0 Å². The van der Waals surface area contributed by atoms with Gasteiger partial charge in [0, 0.05) is 36.3 Å². The fraction of sp³-hybridized carbons (Fsp3) is 0.500. The Morgan fingerprint density at radius 1 is 1.18 bits per heavy atom. The molecule has 6 rings (SSSR count). The van der Waals surface area contributed by atoms with Crippen LogP contribution in [-0.2, 0) is 26.3 Å². The molecule has 206 valence electrons. The Bertz CT molecular complexity index is 1400. The molecule has 2 aromatic carbocycles. The Morgan fingerprint density at radius 3 is 2.56 bits per heavy atom. The van der Waals surface area contributed by atoms with Gasteiger partial charge in [-0.2, -0.15) is 13.2 Å². The minimum atomic E-state index is -4.55. The van der Waals surface area contributed by atoms with Crippen molar-refractivity contribution in [2.45, 2.75) is 76.7 Å². The number of hydrogen-bond donors (Lipinski definition) is 1. The number of alkyl halides is 3. The van der Waals surface area contributed by atoms with Gasteiger partial charge < -0.3 is 14.8 Å². The van der Waals surface area contributed by atoms with Crippen molar-refractivity contribution >= 4 is 11.6 Å². The van der Waals surface area contributed by atoms with Crippen LogP contribution in [0.1, 0.15) is 90.3 Å². The van der Waals surface area contributed by atoms with Gasteiger partial charge in [0.1, 0.15) is 12.2 Å². The third-order valence-electron chi connectivity index (χ3n) is 9.03. The van der Waals surface area contributed by atoms with E-state index in [1.54, 1.807) is 18.5 Å². The zero-order valence-electron chi connectivity index (χ0n) is 22.6. The Kier molecular flexibility index (Phi) is 6.32. The van der Waals surface area contributed by atoms with Gasteiger partial charge in [0.2, 0.25) is 0 Å². The number of halogens is 3. The molecule has 1 N–H and O–H groups in total. The molecule has 6 nitrogen and oxygen atoms in total. The van der Waals surface area contributed by atoms with Crippen LogP contribution in [0.4, 0.5) is 18.9 Å². The molecule has 0 bridgehead atoms. The molecular formula is C30H34F3N5O. The van der Waals surface area contributed by atoms with Crippen LogP contribution in [0.25, 0.3) is 0 Å². The van der Waals surface area contributed by atoms with Gasteiger partial charge in [0.25, 0.3) is 5.91 Å². The molecule has 2 saturated carbocycles. The summed E-state index contributed by atoms with van der Waals surface area (Å²) in [6, 6.07) is 10.5. The molecule has 3 aliphatic rings. The van der Waals surface area contributed by atoms with Crippen LogP contribution >= 0.6 is 0 Å². The molecule has 0 saturated heterocycles. The van der Waals surface area contributed by atoms with E-state index in [0.717, 1.165) is 43.5 Å². The topological polar surface area (TPSA) is 63.1 Å². The summed E-state index contributed by atoms with van der Waals surface area (Å²) in [7, 11) is 1.92. The van der Waals surface area contributed by atoms with Gasteiger partial charge in [-0.15, -0.1) is 10.2 Å². The van der Waals surface area contributed by atoms with E-state index in [1.165, 1.54) is 11.0 Å². The number of fused-ring (bicyclic) bond motifs is 1. The molecule has 0 spiro atoms. The zero-order chi connectivity index (χ0) is 27.5. The third kappa shape index (κ3) is 4.75. The number of benzene rings is 2. The SMILES string of the molecule is Cn1cnnc1[C@H](c1cccc(N2Cc3c(cc(CNC4(C)CCC4)cc3C(F)(F)F)C2=O)c1)[C@H]1C[C@H](C)C1. The molecule has 39 heavy (non-hydrogen) atoms. The lowest BCUT2D eigenvalue weighted by Gasteiger charge is -2.39. The van der Waals surface area contributed by atoms with Crippen molar-refractivity contribution in [2.75, 3.05) is 4.90 Å². The maximum atomic E-state index is 14.2. The number of aromatic nitrogens is 3. The molecule has 9 heteroatoms. The quantitative estimate of drug-likeness (QED) is 0.390. The Morgan fingerprint density at radius 2 is 1.95 bits per heavy atom. The third-order valence-corrected chi connectivity index (χ3v) is 9.03. The fourth-order valence-corrected chi connectivity index (χ4v) is 6.56. The fourth-order valence-electron chi connectivity index (χ4n) is 6.56. The Labute approximate surface area is 226 Å². The first-order valence-corrected chi connectivity index (χ1v) is 13.8. The Balaban J connectivity index is 1.33. The highest BCUT2D eigenvalue weighted by atomic mass is 19.4. The van der Waals surface area contributed by atoms with E-state index in [2.05, 4.69) is 29.4 Å². The molecule has 2 heterocycles. The number of rotatable bonds is 7. The predicted octanol–water partition coefficient (Wildman–Crippen LogP) is 6.20. The van der Waals surface area contributed by atoms with E-state index in [9.17, 15) is 18.0 Å². The number of amides is 1. The summed E-state index contributed by atoms with van der Waals surface area (Å²) in [5, 5.41) is 11.9. The van der Waals surface area contributed by atoms with Crippen molar-refractivity contribution in [1.29, 1.82) is 0 Å². The van der Waals surface area contributed by atoms with E-state index >= 15 is 0 Å². The van der Waals surface area contributed by atoms with Gasteiger partial charge in [-0.3, -0.25) is 4.79 Å². The van der Waals surface area contributed by atoms with Crippen LogP contribution in [0, 0.1) is 11.8 Å². The number of nitrogens with zero attached hydrogens (tertiary/aromatic N) is 4. The van der Waals surface area contributed by atoms with Crippen LogP contribution in [0.3, 0.4) is 0 Å². The lowest BCUT2D eigenvalue weighted by Crippen LogP contribution is -2.47. The van der Waals surface area contributed by atoms with Crippen LogP contribution < -0.4 is 10.2 Å². The molecule has 2 aliphatic carbocycles. The minimum absolute atomic E-state index is 0.00464. The lowest BCUT2D eigenvalue weighted by atomic mass is 9.67. The number of carbonyl (C=O) groups excluding carboxylic acids is 1. The Hall–Kier alpha value is -3.20. The van der Waals surface area contributed by atoms with Gasteiger partial charge in [-0.1, -0.05) is 19.1 Å². The average molecular weight is 538 g/mol. The molecular weight excluding hydrogens is 503 g/mol. The summed E-state index contributed by atoms with van der Waals surface area (Å²) in [6.07, 6.45) is 2.40. The van der Waals surface area contributed by atoms with Crippen molar-refractivity contribution in [3.8, 4) is 0 Å². The first kappa shape index (κ1) is 26.0. The molecule has 1 aliphatic heterocycles. The smallest absolute Gasteiger partial charge is 0.320 e. The maximum Gasteiger partial charge on any atom is 0.416 e. The van der Waals surface area contributed by atoms with Crippen LogP contribution in [0.15, 0.2) is 42.7 Å². The van der Waals surface area contributed by atoms with Crippen LogP contribution in [0.5, 0.6) is 0 Å². The highest BCUT2D eigenvalue weighted by Crippen LogP contribution is 2.47. The maximum absolute atomic E-state index is 14.2. The summed E-state index contributed by atoms with van der Waals surface area (Å²) in [4.78, 5) is 15.1. The van der Waals surface area contributed by atoms with E-state index in [-0.39, 0.29) is 29.1 Å². The summed E-state index contributed by atoms with van der Waals surface area (Å²) in [5.41, 5.74) is 1.51. The standard InChI is InChI=1S/C30H34F3N5O/c1-18-10-21(11-18)26(27-36-35-17-37(27)3)20-6-4-7-22(14-20)38-16-24-23(28(38)39)12-19(13-25(24)30(31,32)33)15-34-29(2)8-5-9-29/h4,6-7,12-14,17-18,21,26,34H,5,8-11,15-16H2,1-3H3/t18-,21-,26-/m1/s1. The number of nitrogens with one attached hydrogen (secondary N) is 1. The lowest BCUT2D eigenvalue weighted by molar-refractivity contribution is -0.138. The molecule has 2 fully saturated rings. The van der Waals surface area contributed by atoms with Crippen molar-refractivity contribution < 1.29 is 18.0 Å². The number of carbonyl (C=O) groups is 1. The second kappa shape index (κ2) is 9.47. The van der Waals surface area contributed by atoms with Crippen molar-refractivity contribution in [3.05, 3.63) is 76.4 Å². The molecule has 1 amide bonds. The highest BCUT2D eigenvalue weighted by Gasteiger charge is 2.42. The summed E-state index contributed by atoms with van der Waals surface area (Å²) >= 11 is 0. The zero-order valence-corrected chi connectivity index (χ0v) is 22.6. The van der Waals surface area contributed by atoms with Crippen LogP contribution in [-0.4, -0.2) is 26.2 Å². The largest absolute Gasteiger partial charge is 0.416 e. The second-order valence-electron chi connectivity index (χ2n) is 12.0.